The van der Waals surface area contributed by atoms with Gasteiger partial charge in [0.05, 0.1) is 0 Å². The Kier molecular flexibility index (Phi) is 3.44. The van der Waals surface area contributed by atoms with Gasteiger partial charge in [0.25, 0.3) is 5.91 Å². The molecule has 1 aliphatic carbocycles. The zero-order valence-corrected chi connectivity index (χ0v) is 9.28. The van der Waals surface area contributed by atoms with E-state index in [1.54, 1.807) is 18.2 Å². The topological polar surface area (TPSA) is 49.3 Å². The lowest BCUT2D eigenvalue weighted by Gasteiger charge is -2.05. The number of benzene rings is 1. The molecule has 86 valence electrons. The number of aromatic hydroxyl groups is 1. The zero-order chi connectivity index (χ0) is 11.4. The summed E-state index contributed by atoms with van der Waals surface area (Å²) in [5, 5.41) is 12.1. The van der Waals surface area contributed by atoms with Crippen molar-refractivity contribution < 1.29 is 9.90 Å². The van der Waals surface area contributed by atoms with Crippen LogP contribution < -0.4 is 5.32 Å². The molecule has 0 unspecified atom stereocenters. The van der Waals surface area contributed by atoms with Crippen LogP contribution in [0.1, 0.15) is 36.0 Å². The highest BCUT2D eigenvalue weighted by Crippen LogP contribution is 2.33. The third-order valence-electron chi connectivity index (χ3n) is 2.88. The summed E-state index contributed by atoms with van der Waals surface area (Å²) >= 11 is 0. The van der Waals surface area contributed by atoms with Gasteiger partial charge in [0.2, 0.25) is 0 Å². The summed E-state index contributed by atoms with van der Waals surface area (Å²) in [5.74, 6) is 0.940. The van der Waals surface area contributed by atoms with Gasteiger partial charge in [0.1, 0.15) is 5.75 Å². The molecule has 0 bridgehead atoms. The number of amides is 1. The zero-order valence-electron chi connectivity index (χ0n) is 9.28. The Morgan fingerprint density at radius 1 is 1.44 bits per heavy atom. The van der Waals surface area contributed by atoms with Crippen molar-refractivity contribution in [3.63, 3.8) is 0 Å². The Balaban J connectivity index is 1.73. The number of phenols is 1. The molecule has 16 heavy (non-hydrogen) atoms. The quantitative estimate of drug-likeness (QED) is 0.747. The van der Waals surface area contributed by atoms with Crippen molar-refractivity contribution in [3.8, 4) is 5.75 Å². The van der Waals surface area contributed by atoms with Gasteiger partial charge in [0.15, 0.2) is 0 Å². The SMILES string of the molecule is O=C(NCCCC1CC1)c1cccc(O)c1. The summed E-state index contributed by atoms with van der Waals surface area (Å²) in [5.41, 5.74) is 0.520. The fourth-order valence-electron chi connectivity index (χ4n) is 1.75. The Bertz CT molecular complexity index is 372. The average Bonchev–Trinajstić information content (AvgIpc) is 3.08. The molecule has 1 aromatic rings. The molecule has 1 aliphatic rings. The number of hydrogen-bond acceptors (Lipinski definition) is 2. The Morgan fingerprint density at radius 3 is 2.94 bits per heavy atom. The van der Waals surface area contributed by atoms with Crippen LogP contribution in [0.5, 0.6) is 5.75 Å². The molecule has 0 spiro atoms. The van der Waals surface area contributed by atoms with Gasteiger partial charge >= 0.3 is 0 Å². The average molecular weight is 219 g/mol. The van der Waals surface area contributed by atoms with Crippen LogP contribution in [-0.2, 0) is 0 Å². The van der Waals surface area contributed by atoms with E-state index in [2.05, 4.69) is 5.32 Å². The molecular formula is C13H17NO2. The summed E-state index contributed by atoms with van der Waals surface area (Å²) in [7, 11) is 0. The van der Waals surface area contributed by atoms with E-state index in [9.17, 15) is 9.90 Å². The molecule has 0 heterocycles. The van der Waals surface area contributed by atoms with E-state index in [0.717, 1.165) is 18.9 Å². The number of nitrogens with one attached hydrogen (secondary N) is 1. The first-order chi connectivity index (χ1) is 7.75. The number of carbonyl (C=O) groups excluding carboxylic acids is 1. The molecule has 1 amide bonds. The number of hydrogen-bond donors (Lipinski definition) is 2. The van der Waals surface area contributed by atoms with E-state index in [1.165, 1.54) is 25.3 Å². The molecule has 2 rings (SSSR count). The summed E-state index contributed by atoms with van der Waals surface area (Å²) in [6, 6.07) is 6.42. The van der Waals surface area contributed by atoms with Crippen molar-refractivity contribution in [2.45, 2.75) is 25.7 Å². The molecule has 0 aliphatic heterocycles. The van der Waals surface area contributed by atoms with Crippen LogP contribution in [0.15, 0.2) is 24.3 Å². The summed E-state index contributed by atoms with van der Waals surface area (Å²) in [6.45, 7) is 0.727. The maximum Gasteiger partial charge on any atom is 0.251 e. The molecule has 1 fully saturated rings. The van der Waals surface area contributed by atoms with Gasteiger partial charge in [-0.1, -0.05) is 18.9 Å². The first-order valence-corrected chi connectivity index (χ1v) is 5.83. The normalized spacial score (nSPS) is 14.8. The minimum absolute atomic E-state index is 0.105. The first kappa shape index (κ1) is 11.0. The fourth-order valence-corrected chi connectivity index (χ4v) is 1.75. The van der Waals surface area contributed by atoms with E-state index in [1.807, 2.05) is 0 Å². The standard InChI is InChI=1S/C13H17NO2/c15-12-5-1-4-11(9-12)13(16)14-8-2-3-10-6-7-10/h1,4-5,9-10,15H,2-3,6-8H2,(H,14,16). The van der Waals surface area contributed by atoms with Crippen molar-refractivity contribution >= 4 is 5.91 Å². The lowest BCUT2D eigenvalue weighted by atomic mass is 10.2. The number of rotatable bonds is 5. The monoisotopic (exact) mass is 219 g/mol. The van der Waals surface area contributed by atoms with Gasteiger partial charge in [-0.3, -0.25) is 4.79 Å². The fraction of sp³-hybridized carbons (Fsp3) is 0.462. The summed E-state index contributed by atoms with van der Waals surface area (Å²) in [4.78, 5) is 11.6. The minimum atomic E-state index is -0.105. The lowest BCUT2D eigenvalue weighted by Crippen LogP contribution is -2.24. The van der Waals surface area contributed by atoms with Gasteiger partial charge in [-0.2, -0.15) is 0 Å². The number of carbonyl (C=O) groups is 1. The molecule has 2 N–H and O–H groups in total. The van der Waals surface area contributed by atoms with Crippen LogP contribution >= 0.6 is 0 Å². The predicted molar refractivity (Wildman–Crippen MR) is 62.4 cm³/mol. The van der Waals surface area contributed by atoms with Crippen molar-refractivity contribution in [1.29, 1.82) is 0 Å². The van der Waals surface area contributed by atoms with Gasteiger partial charge in [-0.15, -0.1) is 0 Å². The Labute approximate surface area is 95.5 Å². The van der Waals surface area contributed by atoms with Crippen LogP contribution in [0.2, 0.25) is 0 Å². The van der Waals surface area contributed by atoms with Crippen LogP contribution in [-0.4, -0.2) is 17.6 Å². The second kappa shape index (κ2) is 5.01. The molecule has 0 saturated heterocycles. The third kappa shape index (κ3) is 3.26. The summed E-state index contributed by atoms with van der Waals surface area (Å²) in [6.07, 6.45) is 5.00. The molecule has 0 atom stereocenters. The van der Waals surface area contributed by atoms with Gasteiger partial charge < -0.3 is 10.4 Å². The predicted octanol–water partition coefficient (Wildman–Crippen LogP) is 2.31. The Hall–Kier alpha value is -1.51. The first-order valence-electron chi connectivity index (χ1n) is 5.83. The lowest BCUT2D eigenvalue weighted by molar-refractivity contribution is 0.0952. The second-order valence-corrected chi connectivity index (χ2v) is 4.39. The molecule has 3 heteroatoms. The van der Waals surface area contributed by atoms with Crippen LogP contribution in [0.25, 0.3) is 0 Å². The van der Waals surface area contributed by atoms with Gasteiger partial charge in [-0.25, -0.2) is 0 Å². The maximum atomic E-state index is 11.6. The van der Waals surface area contributed by atoms with E-state index in [0.29, 0.717) is 5.56 Å². The minimum Gasteiger partial charge on any atom is -0.508 e. The van der Waals surface area contributed by atoms with Gasteiger partial charge in [-0.05, 0) is 37.0 Å². The van der Waals surface area contributed by atoms with E-state index >= 15 is 0 Å². The smallest absolute Gasteiger partial charge is 0.251 e. The molecular weight excluding hydrogens is 202 g/mol. The highest BCUT2D eigenvalue weighted by Gasteiger charge is 2.20. The summed E-state index contributed by atoms with van der Waals surface area (Å²) < 4.78 is 0. The van der Waals surface area contributed by atoms with Crippen molar-refractivity contribution in [2.75, 3.05) is 6.54 Å². The largest absolute Gasteiger partial charge is 0.508 e. The molecule has 1 aromatic carbocycles. The molecule has 0 aromatic heterocycles. The second-order valence-electron chi connectivity index (χ2n) is 4.39. The third-order valence-corrected chi connectivity index (χ3v) is 2.88. The van der Waals surface area contributed by atoms with Crippen molar-refractivity contribution in [2.24, 2.45) is 5.92 Å². The van der Waals surface area contributed by atoms with Crippen molar-refractivity contribution in [3.05, 3.63) is 29.8 Å². The molecule has 1 saturated carbocycles. The van der Waals surface area contributed by atoms with Gasteiger partial charge in [0, 0.05) is 12.1 Å². The van der Waals surface area contributed by atoms with Crippen LogP contribution in [0.3, 0.4) is 0 Å². The van der Waals surface area contributed by atoms with E-state index < -0.39 is 0 Å². The molecule has 3 nitrogen and oxygen atoms in total. The van der Waals surface area contributed by atoms with E-state index in [-0.39, 0.29) is 11.7 Å². The van der Waals surface area contributed by atoms with Crippen LogP contribution in [0.4, 0.5) is 0 Å². The number of phenolic OH excluding ortho intramolecular Hbond substituents is 1. The highest BCUT2D eigenvalue weighted by atomic mass is 16.3. The molecule has 0 radical (unpaired) electrons. The van der Waals surface area contributed by atoms with E-state index in [4.69, 9.17) is 0 Å². The Morgan fingerprint density at radius 2 is 2.25 bits per heavy atom. The highest BCUT2D eigenvalue weighted by molar-refractivity contribution is 5.94. The van der Waals surface area contributed by atoms with Crippen LogP contribution in [0, 0.1) is 5.92 Å². The maximum absolute atomic E-state index is 11.6. The van der Waals surface area contributed by atoms with Crippen molar-refractivity contribution in [1.82, 2.24) is 5.32 Å².